The average Bonchev–Trinajstić information content (AvgIpc) is 3.30. The molecule has 3 aliphatic carbocycles. The first-order chi connectivity index (χ1) is 21.3. The number of ketones is 2. The molecule has 2 heterocycles. The molecule has 2 aromatic rings. The third-order valence-electron chi connectivity index (χ3n) is 9.69. The molecule has 5 aliphatic rings. The van der Waals surface area contributed by atoms with Gasteiger partial charge in [-0.2, -0.15) is 0 Å². The maximum Gasteiger partial charge on any atom is 0.238 e. The molecule has 226 valence electrons. The van der Waals surface area contributed by atoms with Crippen LogP contribution in [0.5, 0.6) is 11.5 Å². The highest BCUT2D eigenvalue weighted by atomic mass is 16.5. The number of anilines is 2. The van der Waals surface area contributed by atoms with Crippen LogP contribution in [-0.4, -0.2) is 61.4 Å². The number of hydrogen-bond acceptors (Lipinski definition) is 8. The fourth-order valence-corrected chi connectivity index (χ4v) is 7.67. The van der Waals surface area contributed by atoms with Crippen LogP contribution in [0.3, 0.4) is 0 Å². The van der Waals surface area contributed by atoms with E-state index in [-0.39, 0.29) is 41.3 Å². The maximum absolute atomic E-state index is 14.2. The van der Waals surface area contributed by atoms with Crippen LogP contribution in [0.4, 0.5) is 11.4 Å². The van der Waals surface area contributed by atoms with E-state index in [4.69, 9.17) is 9.47 Å². The Balaban J connectivity index is 1.28. The second-order valence-electron chi connectivity index (χ2n) is 12.0. The number of benzene rings is 2. The fraction of sp³-hybridized carbons (Fsp3) is 0.371. The summed E-state index contributed by atoms with van der Waals surface area (Å²) >= 11 is 0. The number of Topliss-reactive ketones (excluding diaryl/α,β-unsaturated/α-hetero) is 1. The number of carbonyl (C=O) groups excluding carboxylic acids is 4. The second kappa shape index (κ2) is 10.9. The summed E-state index contributed by atoms with van der Waals surface area (Å²) < 4.78 is 11.1. The Morgan fingerprint density at radius 2 is 1.68 bits per heavy atom. The van der Waals surface area contributed by atoms with Crippen molar-refractivity contribution in [3.05, 3.63) is 82.5 Å². The zero-order valence-electron chi connectivity index (χ0n) is 24.7. The first-order valence-electron chi connectivity index (χ1n) is 15.3. The number of carbonyl (C=O) groups is 4. The van der Waals surface area contributed by atoms with E-state index in [2.05, 4.69) is 4.90 Å². The van der Waals surface area contributed by atoms with E-state index >= 15 is 0 Å². The molecule has 2 aromatic carbocycles. The molecule has 4 atom stereocenters. The molecule has 0 spiro atoms. The number of phenols is 1. The number of phenolic OH excluding ortho intramolecular Hbond substituents is 1. The van der Waals surface area contributed by atoms with Crippen molar-refractivity contribution in [3.63, 3.8) is 0 Å². The Kier molecular flexibility index (Phi) is 7.00. The van der Waals surface area contributed by atoms with E-state index in [9.17, 15) is 24.3 Å². The summed E-state index contributed by atoms with van der Waals surface area (Å²) in [5, 5.41) is 11.3. The van der Waals surface area contributed by atoms with Crippen molar-refractivity contribution in [2.75, 3.05) is 42.7 Å². The molecule has 9 nitrogen and oxygen atoms in total. The summed E-state index contributed by atoms with van der Waals surface area (Å²) in [6.07, 6.45) is 3.82. The van der Waals surface area contributed by atoms with E-state index in [1.807, 2.05) is 37.3 Å². The Morgan fingerprint density at radius 3 is 2.41 bits per heavy atom. The maximum atomic E-state index is 14.2. The van der Waals surface area contributed by atoms with Gasteiger partial charge in [0.2, 0.25) is 11.8 Å². The highest BCUT2D eigenvalue weighted by molar-refractivity contribution is 6.25. The number of ether oxygens (including phenoxy) is 2. The molecule has 7 rings (SSSR count). The van der Waals surface area contributed by atoms with E-state index in [1.165, 1.54) is 11.0 Å². The number of morpholine rings is 1. The molecule has 1 N–H and O–H groups in total. The Labute approximate surface area is 255 Å². The van der Waals surface area contributed by atoms with Crippen molar-refractivity contribution >= 4 is 34.8 Å². The third kappa shape index (κ3) is 4.32. The van der Waals surface area contributed by atoms with Crippen molar-refractivity contribution in [1.29, 1.82) is 0 Å². The zero-order chi connectivity index (χ0) is 30.7. The predicted octanol–water partition coefficient (Wildman–Crippen LogP) is 4.26. The van der Waals surface area contributed by atoms with Crippen molar-refractivity contribution in [1.82, 2.24) is 0 Å². The lowest BCUT2D eigenvalue weighted by molar-refractivity contribution is -0.123. The van der Waals surface area contributed by atoms with Gasteiger partial charge in [-0.05, 0) is 69.0 Å². The minimum Gasteiger partial charge on any atom is -0.504 e. The lowest BCUT2D eigenvalue weighted by atomic mass is 9.59. The van der Waals surface area contributed by atoms with Crippen molar-refractivity contribution in [2.45, 2.75) is 32.6 Å². The fourth-order valence-electron chi connectivity index (χ4n) is 7.67. The van der Waals surface area contributed by atoms with Gasteiger partial charge in [0.25, 0.3) is 0 Å². The molecule has 2 fully saturated rings. The quantitative estimate of drug-likeness (QED) is 0.311. The summed E-state index contributed by atoms with van der Waals surface area (Å²) in [6.45, 7) is 6.63. The van der Waals surface area contributed by atoms with E-state index in [0.717, 1.165) is 24.4 Å². The Hall–Kier alpha value is -4.50. The molecule has 9 heteroatoms. The predicted molar refractivity (Wildman–Crippen MR) is 163 cm³/mol. The van der Waals surface area contributed by atoms with Crippen molar-refractivity contribution in [3.8, 4) is 11.5 Å². The first-order valence-corrected chi connectivity index (χ1v) is 15.3. The number of allylic oxidation sites excluding steroid dienone is 6. The van der Waals surface area contributed by atoms with E-state index < -0.39 is 23.7 Å². The molecular formula is C35H34N2O7. The number of nitrogens with zero attached hydrogens (tertiary/aromatic N) is 2. The largest absolute Gasteiger partial charge is 0.504 e. The summed E-state index contributed by atoms with van der Waals surface area (Å²) in [5.41, 5.74) is 3.79. The highest BCUT2D eigenvalue weighted by Crippen LogP contribution is 2.57. The van der Waals surface area contributed by atoms with Gasteiger partial charge in [-0.25, -0.2) is 0 Å². The molecule has 0 bridgehead atoms. The number of hydrogen-bond donors (Lipinski definition) is 1. The number of fused-ring (bicyclic) bond motifs is 3. The number of aromatic hydroxyl groups is 1. The van der Waals surface area contributed by atoms with Crippen LogP contribution in [0.15, 0.2) is 76.9 Å². The van der Waals surface area contributed by atoms with Gasteiger partial charge < -0.3 is 19.5 Å². The summed E-state index contributed by atoms with van der Waals surface area (Å²) in [6, 6.07) is 12.6. The summed E-state index contributed by atoms with van der Waals surface area (Å²) in [5.74, 6) is -3.38. The van der Waals surface area contributed by atoms with Gasteiger partial charge in [0.05, 0.1) is 37.3 Å². The monoisotopic (exact) mass is 594 g/mol. The molecule has 2 amide bonds. The highest BCUT2D eigenvalue weighted by Gasteiger charge is 2.57. The number of para-hydroxylation sites is 1. The van der Waals surface area contributed by atoms with Crippen molar-refractivity contribution < 1.29 is 33.8 Å². The topological polar surface area (TPSA) is 113 Å². The SMILES string of the molecule is CCOc1cccc([C@H]2C3=CC[C@@H]4C(=O)N(c5ccc(N6CCOCC6)cc5)C(=O)[C@@H]4[C@@H]3CC3=C2C(=O)C=C(C)C3=O)c1O. The minimum atomic E-state index is -0.740. The smallest absolute Gasteiger partial charge is 0.238 e. The van der Waals surface area contributed by atoms with Gasteiger partial charge in [0.15, 0.2) is 23.1 Å². The van der Waals surface area contributed by atoms with Crippen LogP contribution >= 0.6 is 0 Å². The standard InChI is InChI=1S/C35H34N2O7/c1-3-44-28-6-4-5-23(33(28)40)29-22-11-12-24-30(25(22)18-26-31(29)27(38)17-19(2)32(26)39)35(42)37(34(24)41)21-9-7-20(8-10-21)36-13-15-43-16-14-36/h4-11,17,24-25,29-30,40H,3,12-16,18H2,1-2H3/t24-,25+,29+,30-/m0/s1. The van der Waals surface area contributed by atoms with Crippen LogP contribution in [0.1, 0.15) is 38.2 Å². The zero-order valence-corrected chi connectivity index (χ0v) is 24.7. The third-order valence-corrected chi connectivity index (χ3v) is 9.69. The Bertz CT molecular complexity index is 1680. The lowest BCUT2D eigenvalue weighted by Crippen LogP contribution is -2.39. The van der Waals surface area contributed by atoms with Crippen LogP contribution in [-0.2, 0) is 23.9 Å². The molecule has 2 aliphatic heterocycles. The number of amides is 2. The lowest BCUT2D eigenvalue weighted by Gasteiger charge is -2.42. The van der Waals surface area contributed by atoms with Crippen LogP contribution < -0.4 is 14.5 Å². The van der Waals surface area contributed by atoms with Gasteiger partial charge in [-0.15, -0.1) is 0 Å². The average molecular weight is 595 g/mol. The molecule has 44 heavy (non-hydrogen) atoms. The normalized spacial score (nSPS) is 26.7. The van der Waals surface area contributed by atoms with Crippen molar-refractivity contribution in [2.24, 2.45) is 17.8 Å². The molecule has 0 aromatic heterocycles. The van der Waals surface area contributed by atoms with Crippen LogP contribution in [0, 0.1) is 17.8 Å². The van der Waals surface area contributed by atoms with Gasteiger partial charge in [0, 0.05) is 47.0 Å². The summed E-state index contributed by atoms with van der Waals surface area (Å²) in [4.78, 5) is 58.6. The summed E-state index contributed by atoms with van der Waals surface area (Å²) in [7, 11) is 0. The van der Waals surface area contributed by atoms with Crippen LogP contribution in [0.2, 0.25) is 0 Å². The van der Waals surface area contributed by atoms with Gasteiger partial charge in [0.1, 0.15) is 0 Å². The van der Waals surface area contributed by atoms with E-state index in [0.29, 0.717) is 54.2 Å². The number of imide groups is 1. The first kappa shape index (κ1) is 28.3. The van der Waals surface area contributed by atoms with Gasteiger partial charge in [-0.3, -0.25) is 24.1 Å². The van der Waals surface area contributed by atoms with E-state index in [1.54, 1.807) is 25.1 Å². The van der Waals surface area contributed by atoms with Gasteiger partial charge >= 0.3 is 0 Å². The molecule has 0 unspecified atom stereocenters. The molecular weight excluding hydrogens is 560 g/mol. The van der Waals surface area contributed by atoms with Gasteiger partial charge in [-0.1, -0.05) is 23.8 Å². The Morgan fingerprint density at radius 1 is 0.955 bits per heavy atom. The number of rotatable bonds is 5. The second-order valence-corrected chi connectivity index (χ2v) is 12.0. The van der Waals surface area contributed by atoms with Crippen LogP contribution in [0.25, 0.3) is 0 Å². The molecule has 0 radical (unpaired) electrons. The molecule has 0 saturated carbocycles. The minimum absolute atomic E-state index is 0.0998. The molecule has 2 saturated heterocycles.